The maximum atomic E-state index is 11.6. The molecule has 18 heavy (non-hydrogen) atoms. The van der Waals surface area contributed by atoms with Crippen molar-refractivity contribution in [1.82, 2.24) is 20.0 Å². The summed E-state index contributed by atoms with van der Waals surface area (Å²) in [5, 5.41) is 5.29. The summed E-state index contributed by atoms with van der Waals surface area (Å²) in [6.07, 6.45) is 3.87. The second-order valence-electron chi connectivity index (χ2n) is 3.46. The van der Waals surface area contributed by atoms with Crippen LogP contribution in [0.5, 0.6) is 0 Å². The summed E-state index contributed by atoms with van der Waals surface area (Å²) in [4.78, 5) is 19.5. The third-order valence-electron chi connectivity index (χ3n) is 1.90. The Morgan fingerprint density at radius 2 is 2.06 bits per heavy atom. The van der Waals surface area contributed by atoms with Crippen molar-refractivity contribution < 1.29 is 13.2 Å². The molecule has 1 aromatic heterocycles. The van der Waals surface area contributed by atoms with Crippen LogP contribution < -0.4 is 15.4 Å². The van der Waals surface area contributed by atoms with Crippen molar-refractivity contribution in [3.05, 3.63) is 18.1 Å². The van der Waals surface area contributed by atoms with Gasteiger partial charge >= 0.3 is 0 Å². The van der Waals surface area contributed by atoms with E-state index in [9.17, 15) is 13.2 Å². The number of hydrogen-bond donors (Lipinski definition) is 3. The molecule has 1 heterocycles. The highest BCUT2D eigenvalue weighted by Gasteiger charge is 2.08. The topological polar surface area (TPSA) is 113 Å². The smallest absolute Gasteiger partial charge is 0.271 e. The zero-order valence-corrected chi connectivity index (χ0v) is 10.9. The van der Waals surface area contributed by atoms with Crippen molar-refractivity contribution in [3.63, 3.8) is 0 Å². The molecule has 100 valence electrons. The molecule has 0 spiro atoms. The van der Waals surface area contributed by atoms with Gasteiger partial charge in [-0.25, -0.2) is 18.1 Å². The van der Waals surface area contributed by atoms with Crippen LogP contribution in [0.3, 0.4) is 0 Å². The van der Waals surface area contributed by atoms with E-state index in [0.29, 0.717) is 5.82 Å². The Morgan fingerprint density at radius 1 is 1.33 bits per heavy atom. The molecule has 9 heteroatoms. The van der Waals surface area contributed by atoms with E-state index in [1.165, 1.54) is 12.4 Å². The predicted molar refractivity (Wildman–Crippen MR) is 66.8 cm³/mol. The second kappa shape index (κ2) is 6.26. The van der Waals surface area contributed by atoms with Crippen molar-refractivity contribution in [3.8, 4) is 0 Å². The Morgan fingerprint density at radius 3 is 2.67 bits per heavy atom. The van der Waals surface area contributed by atoms with Gasteiger partial charge in [-0.15, -0.1) is 0 Å². The number of nitrogens with zero attached hydrogens (tertiary/aromatic N) is 2. The van der Waals surface area contributed by atoms with Crippen LogP contribution in [0.4, 0.5) is 5.82 Å². The lowest BCUT2D eigenvalue weighted by atomic mass is 10.4. The minimum Gasteiger partial charge on any atom is -0.372 e. The number of aromatic nitrogens is 2. The molecule has 1 amide bonds. The number of sulfonamides is 1. The molecule has 0 saturated carbocycles. The summed E-state index contributed by atoms with van der Waals surface area (Å²) in [5.74, 6) is 0.0758. The molecule has 0 saturated heterocycles. The molecule has 0 radical (unpaired) electrons. The van der Waals surface area contributed by atoms with Gasteiger partial charge in [0.15, 0.2) is 0 Å². The number of rotatable bonds is 6. The van der Waals surface area contributed by atoms with E-state index in [2.05, 4.69) is 25.3 Å². The zero-order valence-electron chi connectivity index (χ0n) is 10.1. The lowest BCUT2D eigenvalue weighted by Crippen LogP contribution is -2.34. The lowest BCUT2D eigenvalue weighted by molar-refractivity contribution is 0.0949. The summed E-state index contributed by atoms with van der Waals surface area (Å²) in [6.45, 7) is 0.307. The first-order chi connectivity index (χ1) is 8.42. The molecule has 0 aliphatic carbocycles. The van der Waals surface area contributed by atoms with Gasteiger partial charge < -0.3 is 10.6 Å². The van der Waals surface area contributed by atoms with Crippen molar-refractivity contribution in [2.75, 3.05) is 31.7 Å². The Labute approximate surface area is 105 Å². The van der Waals surface area contributed by atoms with Crippen molar-refractivity contribution >= 4 is 21.7 Å². The summed E-state index contributed by atoms with van der Waals surface area (Å²) in [5.41, 5.74) is 0.168. The van der Waals surface area contributed by atoms with Crippen LogP contribution in [0.2, 0.25) is 0 Å². The van der Waals surface area contributed by atoms with Gasteiger partial charge in [0, 0.05) is 20.1 Å². The Balaban J connectivity index is 2.45. The molecule has 1 aromatic rings. The number of carbonyl (C=O) groups is 1. The van der Waals surface area contributed by atoms with Gasteiger partial charge in [-0.3, -0.25) is 9.78 Å². The minimum absolute atomic E-state index is 0.129. The normalized spacial score (nSPS) is 11.0. The Hall–Kier alpha value is -1.74. The second-order valence-corrected chi connectivity index (χ2v) is 5.29. The summed E-state index contributed by atoms with van der Waals surface area (Å²) in [6, 6.07) is 0. The fourth-order valence-electron chi connectivity index (χ4n) is 1.10. The van der Waals surface area contributed by atoms with Gasteiger partial charge in [-0.1, -0.05) is 0 Å². The monoisotopic (exact) mass is 273 g/mol. The summed E-state index contributed by atoms with van der Waals surface area (Å²) >= 11 is 0. The number of anilines is 1. The first-order valence-electron chi connectivity index (χ1n) is 5.15. The van der Waals surface area contributed by atoms with Crippen LogP contribution in [0.1, 0.15) is 10.5 Å². The molecule has 0 bridgehead atoms. The van der Waals surface area contributed by atoms with E-state index in [4.69, 9.17) is 0 Å². The molecule has 0 unspecified atom stereocenters. The highest BCUT2D eigenvalue weighted by Crippen LogP contribution is 2.00. The first kappa shape index (κ1) is 14.3. The molecule has 0 aliphatic heterocycles. The van der Waals surface area contributed by atoms with Gasteiger partial charge in [-0.2, -0.15) is 0 Å². The largest absolute Gasteiger partial charge is 0.372 e. The number of nitrogens with one attached hydrogen (secondary N) is 3. The fourth-order valence-corrected chi connectivity index (χ4v) is 1.57. The van der Waals surface area contributed by atoms with Crippen LogP contribution in [-0.4, -0.2) is 50.7 Å². The SMILES string of the molecule is CNc1cncc(C(=O)NCCNS(C)(=O)=O)n1. The highest BCUT2D eigenvalue weighted by atomic mass is 32.2. The average Bonchev–Trinajstić information content (AvgIpc) is 2.33. The van der Waals surface area contributed by atoms with Crippen LogP contribution in [-0.2, 0) is 10.0 Å². The van der Waals surface area contributed by atoms with E-state index in [-0.39, 0.29) is 18.8 Å². The van der Waals surface area contributed by atoms with E-state index < -0.39 is 15.9 Å². The van der Waals surface area contributed by atoms with Gasteiger partial charge in [0.25, 0.3) is 5.91 Å². The van der Waals surface area contributed by atoms with Gasteiger partial charge in [0.1, 0.15) is 11.5 Å². The van der Waals surface area contributed by atoms with Gasteiger partial charge in [0.2, 0.25) is 10.0 Å². The predicted octanol–water partition coefficient (Wildman–Crippen LogP) is -1.20. The lowest BCUT2D eigenvalue weighted by Gasteiger charge is -2.06. The maximum absolute atomic E-state index is 11.6. The number of carbonyl (C=O) groups excluding carboxylic acids is 1. The molecule has 0 aromatic carbocycles. The Kier molecular flexibility index (Phi) is 4.98. The zero-order chi connectivity index (χ0) is 13.6. The highest BCUT2D eigenvalue weighted by molar-refractivity contribution is 7.88. The number of amides is 1. The van der Waals surface area contributed by atoms with Crippen LogP contribution in [0.15, 0.2) is 12.4 Å². The third-order valence-corrected chi connectivity index (χ3v) is 2.63. The summed E-state index contributed by atoms with van der Waals surface area (Å²) < 4.78 is 23.8. The van der Waals surface area contributed by atoms with E-state index in [1.807, 2.05) is 0 Å². The van der Waals surface area contributed by atoms with Crippen LogP contribution in [0.25, 0.3) is 0 Å². The van der Waals surface area contributed by atoms with E-state index in [0.717, 1.165) is 6.26 Å². The van der Waals surface area contributed by atoms with Crippen molar-refractivity contribution in [2.24, 2.45) is 0 Å². The standard InChI is InChI=1S/C9H15N5O3S/c1-10-8-6-11-5-7(14-8)9(15)12-3-4-13-18(2,16)17/h5-6,13H,3-4H2,1-2H3,(H,10,14)(H,12,15). The minimum atomic E-state index is -3.24. The summed E-state index contributed by atoms with van der Waals surface area (Å²) in [7, 11) is -1.57. The third kappa shape index (κ3) is 5.06. The Bertz CT molecular complexity index is 517. The molecule has 8 nitrogen and oxygen atoms in total. The van der Waals surface area contributed by atoms with Crippen molar-refractivity contribution in [1.29, 1.82) is 0 Å². The van der Waals surface area contributed by atoms with Crippen LogP contribution in [0, 0.1) is 0 Å². The molecule has 0 aliphatic rings. The maximum Gasteiger partial charge on any atom is 0.271 e. The van der Waals surface area contributed by atoms with E-state index in [1.54, 1.807) is 7.05 Å². The quantitative estimate of drug-likeness (QED) is 0.561. The molecular formula is C9H15N5O3S. The van der Waals surface area contributed by atoms with Crippen molar-refractivity contribution in [2.45, 2.75) is 0 Å². The molecule has 3 N–H and O–H groups in total. The first-order valence-corrected chi connectivity index (χ1v) is 7.04. The van der Waals surface area contributed by atoms with Gasteiger partial charge in [-0.05, 0) is 0 Å². The van der Waals surface area contributed by atoms with E-state index >= 15 is 0 Å². The molecule has 0 atom stereocenters. The molecule has 1 rings (SSSR count). The number of hydrogen-bond acceptors (Lipinski definition) is 6. The van der Waals surface area contributed by atoms with Crippen LogP contribution >= 0.6 is 0 Å². The van der Waals surface area contributed by atoms with Gasteiger partial charge in [0.05, 0.1) is 18.6 Å². The molecular weight excluding hydrogens is 258 g/mol. The average molecular weight is 273 g/mol. The molecule has 0 fully saturated rings. The fraction of sp³-hybridized carbons (Fsp3) is 0.444.